The number of hydrogen-bond donors (Lipinski definition) is 0. The minimum Gasteiger partial charge on any atom is -0.497 e. The Labute approximate surface area is 222 Å². The molecule has 38 heavy (non-hydrogen) atoms. The molecule has 0 amide bonds. The van der Waals surface area contributed by atoms with E-state index in [2.05, 4.69) is 4.90 Å². The molecule has 0 saturated heterocycles. The fraction of sp³-hybridized carbons (Fsp3) is 0.355. The minimum absolute atomic E-state index is 0.0434. The van der Waals surface area contributed by atoms with Crippen molar-refractivity contribution >= 4 is 11.8 Å². The summed E-state index contributed by atoms with van der Waals surface area (Å²) in [4.78, 5) is 28.3. The predicted octanol–water partition coefficient (Wildman–Crippen LogP) is 6.03. The number of aryl methyl sites for hydroxylation is 1. The first-order chi connectivity index (χ1) is 18.4. The first kappa shape index (κ1) is 27.5. The van der Waals surface area contributed by atoms with Crippen molar-refractivity contribution in [3.05, 3.63) is 100 Å². The molecule has 0 aliphatic carbocycles. The highest BCUT2D eigenvalue weighted by atomic mass is 19.2. The van der Waals surface area contributed by atoms with Gasteiger partial charge in [0.05, 0.1) is 19.8 Å². The van der Waals surface area contributed by atoms with Gasteiger partial charge in [0.25, 0.3) is 0 Å². The Kier molecular flexibility index (Phi) is 9.24. The lowest BCUT2D eigenvalue weighted by molar-refractivity contribution is 0.0600. The topological polar surface area (TPSA) is 55.8 Å². The zero-order valence-corrected chi connectivity index (χ0v) is 21.8. The van der Waals surface area contributed by atoms with E-state index >= 15 is 0 Å². The molecule has 1 aliphatic heterocycles. The molecule has 200 valence electrons. The zero-order chi connectivity index (χ0) is 27.1. The number of ketones is 1. The number of benzene rings is 3. The Bertz CT molecular complexity index is 1280. The van der Waals surface area contributed by atoms with Crippen LogP contribution in [0.15, 0.2) is 60.7 Å². The normalized spacial score (nSPS) is 16.8. The van der Waals surface area contributed by atoms with Crippen LogP contribution < -0.4 is 4.74 Å². The molecule has 5 nitrogen and oxygen atoms in total. The highest BCUT2D eigenvalue weighted by Gasteiger charge is 2.25. The number of halogens is 2. The van der Waals surface area contributed by atoms with Gasteiger partial charge in [0, 0.05) is 18.0 Å². The van der Waals surface area contributed by atoms with Crippen LogP contribution in [0.1, 0.15) is 56.7 Å². The van der Waals surface area contributed by atoms with Crippen LogP contribution in [0.3, 0.4) is 0 Å². The van der Waals surface area contributed by atoms with Gasteiger partial charge < -0.3 is 9.47 Å². The van der Waals surface area contributed by atoms with Crippen LogP contribution in [0, 0.1) is 17.6 Å². The number of fused-ring (bicyclic) bond motifs is 1. The first-order valence-electron chi connectivity index (χ1n) is 12.9. The summed E-state index contributed by atoms with van der Waals surface area (Å²) < 4.78 is 37.5. The average molecular weight is 522 g/mol. The summed E-state index contributed by atoms with van der Waals surface area (Å²) >= 11 is 0. The van der Waals surface area contributed by atoms with Gasteiger partial charge >= 0.3 is 5.97 Å². The molecular formula is C31H33F2NO4. The van der Waals surface area contributed by atoms with E-state index in [-0.39, 0.29) is 11.7 Å². The third kappa shape index (κ3) is 6.84. The van der Waals surface area contributed by atoms with E-state index in [1.165, 1.54) is 13.2 Å². The molecule has 3 aromatic rings. The van der Waals surface area contributed by atoms with Crippen molar-refractivity contribution in [1.82, 2.24) is 4.90 Å². The van der Waals surface area contributed by atoms with E-state index in [0.29, 0.717) is 49.0 Å². The molecule has 0 saturated carbocycles. The Morgan fingerprint density at radius 3 is 2.39 bits per heavy atom. The van der Waals surface area contributed by atoms with Gasteiger partial charge in [-0.05, 0) is 98.3 Å². The molecule has 0 N–H and O–H groups in total. The van der Waals surface area contributed by atoms with E-state index in [1.54, 1.807) is 31.4 Å². The molecule has 3 aromatic carbocycles. The Hall–Kier alpha value is -3.58. The Balaban J connectivity index is 1.62. The summed E-state index contributed by atoms with van der Waals surface area (Å²) in [6.07, 6.45) is 3.50. The van der Waals surface area contributed by atoms with Crippen molar-refractivity contribution in [2.75, 3.05) is 27.3 Å². The molecule has 4 rings (SSSR count). The SMILES string of the molecule is COC(=O)c1ccc2c(c1)CCCCN(Cc1ccc(F)c(F)c1)CCC(Cc1ccc(OC)cc1)C2=O. The maximum Gasteiger partial charge on any atom is 0.337 e. The monoisotopic (exact) mass is 521 g/mol. The number of esters is 1. The van der Waals surface area contributed by atoms with Crippen LogP contribution in [0.5, 0.6) is 5.75 Å². The molecule has 1 unspecified atom stereocenters. The maximum absolute atomic E-state index is 13.9. The molecule has 1 heterocycles. The molecule has 0 fully saturated rings. The van der Waals surface area contributed by atoms with Crippen molar-refractivity contribution in [3.63, 3.8) is 0 Å². The number of rotatable bonds is 6. The summed E-state index contributed by atoms with van der Waals surface area (Å²) in [5.41, 5.74) is 3.65. The standard InChI is InChI=1S/C31H33F2NO4/c1-37-26-10-6-21(7-11-26)17-24-14-16-34(20-22-8-13-28(32)29(33)18-22)15-4-3-5-23-19-25(31(36)38-2)9-12-27(23)30(24)35/h6-13,18-19,24H,3-5,14-17,20H2,1-2H3. The van der Waals surface area contributed by atoms with Crippen LogP contribution in [-0.4, -0.2) is 44.0 Å². The fourth-order valence-corrected chi connectivity index (χ4v) is 5.03. The van der Waals surface area contributed by atoms with Crippen molar-refractivity contribution in [1.29, 1.82) is 0 Å². The lowest BCUT2D eigenvalue weighted by atomic mass is 9.85. The van der Waals surface area contributed by atoms with Crippen molar-refractivity contribution in [2.24, 2.45) is 5.92 Å². The largest absolute Gasteiger partial charge is 0.497 e. The van der Waals surface area contributed by atoms with Gasteiger partial charge in [0.15, 0.2) is 17.4 Å². The maximum atomic E-state index is 13.9. The smallest absolute Gasteiger partial charge is 0.337 e. The number of carbonyl (C=O) groups is 2. The second-order valence-electron chi connectivity index (χ2n) is 9.75. The molecule has 0 radical (unpaired) electrons. The van der Waals surface area contributed by atoms with Crippen LogP contribution in [0.25, 0.3) is 0 Å². The Morgan fingerprint density at radius 2 is 1.68 bits per heavy atom. The highest BCUT2D eigenvalue weighted by Crippen LogP contribution is 2.26. The van der Waals surface area contributed by atoms with Gasteiger partial charge in [-0.3, -0.25) is 9.69 Å². The Morgan fingerprint density at radius 1 is 0.921 bits per heavy atom. The summed E-state index contributed by atoms with van der Waals surface area (Å²) in [6.45, 7) is 1.87. The van der Waals surface area contributed by atoms with E-state index in [0.717, 1.165) is 42.3 Å². The second-order valence-corrected chi connectivity index (χ2v) is 9.75. The van der Waals surface area contributed by atoms with Gasteiger partial charge in [0.1, 0.15) is 5.75 Å². The zero-order valence-electron chi connectivity index (χ0n) is 21.8. The highest BCUT2D eigenvalue weighted by molar-refractivity contribution is 6.00. The van der Waals surface area contributed by atoms with Crippen LogP contribution in [0.2, 0.25) is 0 Å². The second kappa shape index (κ2) is 12.8. The van der Waals surface area contributed by atoms with Crippen LogP contribution >= 0.6 is 0 Å². The predicted molar refractivity (Wildman–Crippen MR) is 141 cm³/mol. The lowest BCUT2D eigenvalue weighted by Gasteiger charge is -2.25. The third-order valence-corrected chi connectivity index (χ3v) is 7.16. The molecule has 7 heteroatoms. The molecule has 1 aliphatic rings. The van der Waals surface area contributed by atoms with Gasteiger partial charge in [-0.15, -0.1) is 0 Å². The third-order valence-electron chi connectivity index (χ3n) is 7.16. The van der Waals surface area contributed by atoms with Crippen LogP contribution in [0.4, 0.5) is 8.78 Å². The van der Waals surface area contributed by atoms with Crippen molar-refractivity contribution in [2.45, 2.75) is 38.6 Å². The number of hydrogen-bond acceptors (Lipinski definition) is 5. The quantitative estimate of drug-likeness (QED) is 0.371. The van der Waals surface area contributed by atoms with E-state index in [1.807, 2.05) is 24.3 Å². The minimum atomic E-state index is -0.861. The number of methoxy groups -OCH3 is 2. The molecule has 1 atom stereocenters. The first-order valence-corrected chi connectivity index (χ1v) is 12.9. The molecule has 0 bridgehead atoms. The van der Waals surface area contributed by atoms with Gasteiger partial charge in [-0.1, -0.05) is 24.3 Å². The number of Topliss-reactive ketones (excluding diaryl/α,β-unsaturated/α-hetero) is 1. The molecular weight excluding hydrogens is 488 g/mol. The summed E-state index contributed by atoms with van der Waals surface area (Å²) in [7, 11) is 2.96. The average Bonchev–Trinajstić information content (AvgIpc) is 2.96. The summed E-state index contributed by atoms with van der Waals surface area (Å²) in [5, 5.41) is 0. The van der Waals surface area contributed by atoms with Gasteiger partial charge in [0.2, 0.25) is 0 Å². The van der Waals surface area contributed by atoms with Crippen molar-refractivity contribution in [3.8, 4) is 5.75 Å². The van der Waals surface area contributed by atoms with Gasteiger partial charge in [-0.2, -0.15) is 0 Å². The van der Waals surface area contributed by atoms with E-state index < -0.39 is 17.6 Å². The number of carbonyl (C=O) groups excluding carboxylic acids is 2. The lowest BCUT2D eigenvalue weighted by Crippen LogP contribution is -2.29. The molecule has 0 spiro atoms. The molecule has 0 aromatic heterocycles. The summed E-state index contributed by atoms with van der Waals surface area (Å²) in [5.74, 6) is -1.65. The number of ether oxygens (including phenoxy) is 2. The van der Waals surface area contributed by atoms with Gasteiger partial charge in [-0.25, -0.2) is 13.6 Å². The van der Waals surface area contributed by atoms with Crippen LogP contribution in [-0.2, 0) is 24.1 Å². The van der Waals surface area contributed by atoms with E-state index in [4.69, 9.17) is 9.47 Å². The fourth-order valence-electron chi connectivity index (χ4n) is 5.03. The summed E-state index contributed by atoms with van der Waals surface area (Å²) in [6, 6.07) is 16.9. The number of nitrogens with zero attached hydrogens (tertiary/aromatic N) is 1. The van der Waals surface area contributed by atoms with Crippen molar-refractivity contribution < 1.29 is 27.8 Å². The van der Waals surface area contributed by atoms with E-state index in [9.17, 15) is 18.4 Å².